The first kappa shape index (κ1) is 75.7. The number of carbonyl (C=O) groups excluding carboxylic acids is 2. The molecule has 0 aromatic carbocycles. The van der Waals surface area contributed by atoms with E-state index in [0.29, 0.717) is 12.8 Å². The molecule has 2 unspecified atom stereocenters. The molecule has 3 heterocycles. The molecule has 0 aliphatic carbocycles. The van der Waals surface area contributed by atoms with E-state index >= 15 is 0 Å². The maximum absolute atomic E-state index is 13.4. The Labute approximate surface area is 499 Å². The van der Waals surface area contributed by atoms with Gasteiger partial charge in [-0.3, -0.25) is 9.59 Å². The molecule has 2 amide bonds. The van der Waals surface area contributed by atoms with Crippen LogP contribution in [0.2, 0.25) is 0 Å². The van der Waals surface area contributed by atoms with Crippen LogP contribution in [0.25, 0.3) is 0 Å². The summed E-state index contributed by atoms with van der Waals surface area (Å²) in [5.74, 6) is -6.14. The predicted octanol–water partition coefficient (Wildman–Crippen LogP) is 3.95. The lowest BCUT2D eigenvalue weighted by Gasteiger charge is -2.50. The monoisotopic (exact) mass is 1210 g/mol. The Morgan fingerprint density at radius 1 is 0.619 bits per heavy atom. The summed E-state index contributed by atoms with van der Waals surface area (Å²) in [7, 11) is 0. The van der Waals surface area contributed by atoms with Crippen LogP contribution in [-0.2, 0) is 42.8 Å². The van der Waals surface area contributed by atoms with Gasteiger partial charge < -0.3 is 100 Å². The number of carbonyl (C=O) groups is 3. The summed E-state index contributed by atoms with van der Waals surface area (Å²) >= 11 is 0. The Kier molecular flexibility index (Phi) is 38.9. The molecule has 18 atom stereocenters. The van der Waals surface area contributed by atoms with E-state index in [-0.39, 0.29) is 12.3 Å². The van der Waals surface area contributed by atoms with E-state index < -0.39 is 155 Å². The molecule has 0 aromatic heterocycles. The molecular weight excluding hydrogens is 1100 g/mol. The summed E-state index contributed by atoms with van der Waals surface area (Å²) in [6, 6.07) is -2.61. The number of aliphatic hydroxyl groups excluding tert-OH is 11. The van der Waals surface area contributed by atoms with Gasteiger partial charge in [0.15, 0.2) is 12.6 Å². The second-order valence-electron chi connectivity index (χ2n) is 23.6. The quantitative estimate of drug-likeness (QED) is 0.0303. The van der Waals surface area contributed by atoms with E-state index in [2.05, 4.69) is 24.5 Å². The molecule has 0 aromatic rings. The van der Waals surface area contributed by atoms with E-state index in [4.69, 9.17) is 28.4 Å². The van der Waals surface area contributed by atoms with Crippen molar-refractivity contribution in [1.29, 1.82) is 0 Å². The van der Waals surface area contributed by atoms with Crippen LogP contribution < -0.4 is 10.6 Å². The number of amides is 2. The molecule has 84 heavy (non-hydrogen) atoms. The SMILES string of the molecule is CCCCCCCCCCCCCC=C[C@@H](O)[C@H](CO[C@@H]1O[C@H](CO)[C@@H](O[C@@H]2O[C@H](CO)[C@H](O)[C@H](O[C@]3(C(=O)O)C[C@H](O)[C@@H](NC(C)=O)C([C@H](O)[C@H](O)CO)O3)[C@H]2O)[C@H](O)C1O)NC(=O)CCCCCCCCCCCCCCCCCCC. The zero-order chi connectivity index (χ0) is 61.9. The molecule has 23 nitrogen and oxygen atoms in total. The summed E-state index contributed by atoms with van der Waals surface area (Å²) in [6.45, 7) is 2.11. The standard InChI is InChI=1S/C61H112N2O21/c1-4-6-8-10-12-14-16-18-19-20-21-23-25-27-29-31-33-35-48(71)63-42(43(68)34-32-30-28-26-24-22-17-15-13-11-9-7-5-2)40-79-58-53(75)52(74)55(47(39-66)81-58)82-59-54(76)57(51(73)46(38-65)80-59)84-61(60(77)78)36-44(69)49(62-41(3)67)56(83-61)50(72)45(70)37-64/h32,34,42-47,49-59,64-66,68-70,72-76H,4-31,33,35-40H2,1-3H3,(H,62,67)(H,63,71)(H,77,78)/t42-,43+,44-,45+,46+,47+,49+,50+,51-,52+,53?,54+,55+,56?,57-,58+,59-,61-/m0/s1. The van der Waals surface area contributed by atoms with Gasteiger partial charge in [0.05, 0.1) is 50.7 Å². The van der Waals surface area contributed by atoms with E-state index in [0.717, 1.165) is 51.9 Å². The van der Waals surface area contributed by atoms with Crippen LogP contribution >= 0.6 is 0 Å². The van der Waals surface area contributed by atoms with Crippen LogP contribution in [0, 0.1) is 0 Å². The highest BCUT2D eigenvalue weighted by atomic mass is 16.8. The Balaban J connectivity index is 1.64. The summed E-state index contributed by atoms with van der Waals surface area (Å²) < 4.78 is 34.7. The first-order chi connectivity index (χ1) is 40.4. The summed E-state index contributed by atoms with van der Waals surface area (Å²) in [6.07, 6.45) is 8.40. The number of ether oxygens (including phenoxy) is 6. The lowest BCUT2D eigenvalue weighted by atomic mass is 9.88. The van der Waals surface area contributed by atoms with E-state index in [1.165, 1.54) is 128 Å². The Hall–Kier alpha value is -2.53. The molecule has 492 valence electrons. The second-order valence-corrected chi connectivity index (χ2v) is 23.6. The van der Waals surface area contributed by atoms with Crippen LogP contribution in [0.1, 0.15) is 220 Å². The van der Waals surface area contributed by atoms with Gasteiger partial charge in [0.1, 0.15) is 67.1 Å². The third kappa shape index (κ3) is 26.7. The molecule has 3 saturated heterocycles. The zero-order valence-corrected chi connectivity index (χ0v) is 50.8. The van der Waals surface area contributed by atoms with Crippen LogP contribution in [0.4, 0.5) is 0 Å². The van der Waals surface area contributed by atoms with Crippen LogP contribution in [0.5, 0.6) is 0 Å². The van der Waals surface area contributed by atoms with Crippen molar-refractivity contribution in [1.82, 2.24) is 10.6 Å². The number of nitrogens with one attached hydrogen (secondary N) is 2. The maximum atomic E-state index is 13.4. The number of carboxylic acid groups (broad SMARTS) is 1. The van der Waals surface area contributed by atoms with Crippen molar-refractivity contribution in [2.24, 2.45) is 0 Å². The third-order valence-electron chi connectivity index (χ3n) is 16.5. The van der Waals surface area contributed by atoms with Gasteiger partial charge in [-0.25, -0.2) is 4.79 Å². The lowest BCUT2D eigenvalue weighted by molar-refractivity contribution is -0.386. The summed E-state index contributed by atoms with van der Waals surface area (Å²) in [5, 5.41) is 136. The van der Waals surface area contributed by atoms with Gasteiger partial charge >= 0.3 is 5.97 Å². The van der Waals surface area contributed by atoms with Gasteiger partial charge in [-0.15, -0.1) is 0 Å². The minimum absolute atomic E-state index is 0.204. The fourth-order valence-electron chi connectivity index (χ4n) is 11.3. The van der Waals surface area contributed by atoms with Crippen molar-refractivity contribution in [2.75, 3.05) is 26.4 Å². The van der Waals surface area contributed by atoms with Crippen LogP contribution in [-0.4, -0.2) is 215 Å². The topological polar surface area (TPSA) is 373 Å². The summed E-state index contributed by atoms with van der Waals surface area (Å²) in [5.41, 5.74) is 0. The van der Waals surface area contributed by atoms with E-state index in [1.807, 2.05) is 6.08 Å². The fourth-order valence-corrected chi connectivity index (χ4v) is 11.3. The van der Waals surface area contributed by atoms with Crippen molar-refractivity contribution in [3.05, 3.63) is 12.2 Å². The molecular formula is C61H112N2O21. The molecule has 0 radical (unpaired) electrons. The van der Waals surface area contributed by atoms with Crippen molar-refractivity contribution in [3.8, 4) is 0 Å². The zero-order valence-electron chi connectivity index (χ0n) is 50.8. The number of aliphatic carboxylic acids is 1. The number of aliphatic hydroxyl groups is 11. The Bertz CT molecular complexity index is 1770. The van der Waals surface area contributed by atoms with E-state index in [9.17, 15) is 75.7 Å². The first-order valence-electron chi connectivity index (χ1n) is 32.1. The number of allylic oxidation sites excluding steroid dienone is 1. The lowest BCUT2D eigenvalue weighted by Crippen LogP contribution is -2.70. The molecule has 3 rings (SSSR count). The number of hydrogen-bond acceptors (Lipinski definition) is 20. The number of rotatable bonds is 47. The van der Waals surface area contributed by atoms with Crippen LogP contribution in [0.3, 0.4) is 0 Å². The number of hydrogen-bond donors (Lipinski definition) is 14. The Morgan fingerprint density at radius 3 is 1.58 bits per heavy atom. The average molecular weight is 1210 g/mol. The fraction of sp³-hybridized carbons (Fsp3) is 0.918. The molecule has 14 N–H and O–H groups in total. The summed E-state index contributed by atoms with van der Waals surface area (Å²) in [4.78, 5) is 38.4. The van der Waals surface area contributed by atoms with Gasteiger partial charge in [-0.2, -0.15) is 0 Å². The minimum Gasteiger partial charge on any atom is -0.477 e. The molecule has 0 spiro atoms. The highest BCUT2D eigenvalue weighted by Gasteiger charge is 2.60. The molecule has 0 saturated carbocycles. The highest BCUT2D eigenvalue weighted by molar-refractivity contribution is 5.77. The normalized spacial score (nSPS) is 29.8. The van der Waals surface area contributed by atoms with E-state index in [1.54, 1.807) is 6.08 Å². The van der Waals surface area contributed by atoms with Gasteiger partial charge in [0.25, 0.3) is 5.79 Å². The van der Waals surface area contributed by atoms with Gasteiger partial charge in [-0.1, -0.05) is 193 Å². The van der Waals surface area contributed by atoms with Crippen molar-refractivity contribution in [3.63, 3.8) is 0 Å². The number of unbranched alkanes of at least 4 members (excludes halogenated alkanes) is 27. The van der Waals surface area contributed by atoms with Gasteiger partial charge in [-0.05, 0) is 19.3 Å². The third-order valence-corrected chi connectivity index (χ3v) is 16.5. The molecule has 0 bridgehead atoms. The van der Waals surface area contributed by atoms with Crippen molar-refractivity contribution in [2.45, 2.75) is 330 Å². The highest BCUT2D eigenvalue weighted by Crippen LogP contribution is 2.38. The predicted molar refractivity (Wildman–Crippen MR) is 311 cm³/mol. The number of carboxylic acids is 1. The molecule has 3 aliphatic heterocycles. The molecule has 3 aliphatic rings. The minimum atomic E-state index is -3.08. The maximum Gasteiger partial charge on any atom is 0.364 e. The largest absolute Gasteiger partial charge is 0.477 e. The van der Waals surface area contributed by atoms with Gasteiger partial charge in [0.2, 0.25) is 11.8 Å². The van der Waals surface area contributed by atoms with Crippen molar-refractivity contribution < 1.29 is 104 Å². The van der Waals surface area contributed by atoms with Crippen molar-refractivity contribution >= 4 is 17.8 Å². The second kappa shape index (κ2) is 43.2. The smallest absolute Gasteiger partial charge is 0.364 e. The average Bonchev–Trinajstić information content (AvgIpc) is 1.28. The van der Waals surface area contributed by atoms with Gasteiger partial charge in [0, 0.05) is 19.8 Å². The first-order valence-corrected chi connectivity index (χ1v) is 32.1. The van der Waals surface area contributed by atoms with Crippen LogP contribution in [0.15, 0.2) is 12.2 Å². The molecule has 23 heteroatoms. The Morgan fingerprint density at radius 2 is 1.11 bits per heavy atom. The molecule has 3 fully saturated rings.